The fourth-order valence-electron chi connectivity index (χ4n) is 5.20. The smallest absolute Gasteiger partial charge is 0.399 e. The lowest BCUT2D eigenvalue weighted by molar-refractivity contribution is -0.0664. The molecule has 1 saturated carbocycles. The third-order valence-electron chi connectivity index (χ3n) is 8.28. The van der Waals surface area contributed by atoms with Crippen LogP contribution in [-0.2, 0) is 9.31 Å². The molecule has 3 saturated heterocycles. The van der Waals surface area contributed by atoms with E-state index in [1.165, 1.54) is 64.0 Å². The summed E-state index contributed by atoms with van der Waals surface area (Å²) < 4.78 is 12.4. The fraction of sp³-hybridized carbons (Fsp3) is 0.739. The van der Waals surface area contributed by atoms with Gasteiger partial charge in [0.15, 0.2) is 0 Å². The third-order valence-corrected chi connectivity index (χ3v) is 8.28. The first-order valence-corrected chi connectivity index (χ1v) is 11.2. The number of likely N-dealkylation sites (tertiary alicyclic amines) is 1. The fourth-order valence-corrected chi connectivity index (χ4v) is 5.20. The lowest BCUT2D eigenvalue weighted by atomic mass is 9.70. The Kier molecular flexibility index (Phi) is 4.39. The maximum Gasteiger partial charge on any atom is 0.494 e. The second kappa shape index (κ2) is 6.48. The van der Waals surface area contributed by atoms with Gasteiger partial charge in [0, 0.05) is 37.9 Å². The van der Waals surface area contributed by atoms with Gasteiger partial charge in [-0.3, -0.25) is 4.90 Å². The van der Waals surface area contributed by atoms with Gasteiger partial charge in [0.05, 0.1) is 11.2 Å². The van der Waals surface area contributed by atoms with E-state index >= 15 is 0 Å². The Bertz CT molecular complexity index is 697. The summed E-state index contributed by atoms with van der Waals surface area (Å²) in [5.74, 6) is 0. The highest BCUT2D eigenvalue weighted by Gasteiger charge is 2.52. The van der Waals surface area contributed by atoms with Gasteiger partial charge in [-0.15, -0.1) is 0 Å². The topological polar surface area (TPSA) is 24.9 Å². The largest absolute Gasteiger partial charge is 0.494 e. The summed E-state index contributed by atoms with van der Waals surface area (Å²) in [5, 5.41) is 0. The summed E-state index contributed by atoms with van der Waals surface area (Å²) >= 11 is 0. The monoisotopic (exact) mass is 382 g/mol. The van der Waals surface area contributed by atoms with Gasteiger partial charge in [-0.05, 0) is 76.4 Å². The van der Waals surface area contributed by atoms with Crippen LogP contribution in [0.2, 0.25) is 0 Å². The third kappa shape index (κ3) is 3.10. The molecule has 0 unspecified atom stereocenters. The van der Waals surface area contributed by atoms with E-state index in [2.05, 4.69) is 61.8 Å². The normalized spacial score (nSPS) is 29.0. The minimum atomic E-state index is -0.284. The van der Waals surface area contributed by atoms with Crippen molar-refractivity contribution < 1.29 is 9.31 Å². The van der Waals surface area contributed by atoms with Crippen LogP contribution < -0.4 is 10.4 Å². The molecule has 152 valence electrons. The first-order valence-electron chi connectivity index (χ1n) is 11.2. The zero-order chi connectivity index (χ0) is 19.6. The maximum absolute atomic E-state index is 6.19. The van der Waals surface area contributed by atoms with Gasteiger partial charge < -0.3 is 14.2 Å². The van der Waals surface area contributed by atoms with Gasteiger partial charge in [-0.25, -0.2) is 0 Å². The summed E-state index contributed by atoms with van der Waals surface area (Å²) in [4.78, 5) is 5.31. The number of nitrogens with zero attached hydrogens (tertiary/aromatic N) is 2. The minimum absolute atomic E-state index is 0.267. The molecule has 1 aromatic rings. The molecule has 28 heavy (non-hydrogen) atoms. The van der Waals surface area contributed by atoms with Crippen LogP contribution in [0.1, 0.15) is 59.8 Å². The van der Waals surface area contributed by atoms with Gasteiger partial charge in [0.25, 0.3) is 0 Å². The lowest BCUT2D eigenvalue weighted by Crippen LogP contribution is -2.64. The van der Waals surface area contributed by atoms with E-state index in [1.807, 2.05) is 0 Å². The van der Waals surface area contributed by atoms with E-state index in [9.17, 15) is 0 Å². The number of rotatable bonds is 3. The zero-order valence-corrected chi connectivity index (χ0v) is 18.0. The van der Waals surface area contributed by atoms with Gasteiger partial charge >= 0.3 is 7.12 Å². The van der Waals surface area contributed by atoms with Gasteiger partial charge in [-0.2, -0.15) is 0 Å². The molecule has 0 atom stereocenters. The summed E-state index contributed by atoms with van der Waals surface area (Å²) in [6, 6.07) is 9.79. The van der Waals surface area contributed by atoms with Crippen molar-refractivity contribution in [1.82, 2.24) is 4.90 Å². The van der Waals surface area contributed by atoms with Crippen molar-refractivity contribution in [3.8, 4) is 0 Å². The highest BCUT2D eigenvalue weighted by molar-refractivity contribution is 6.62. The minimum Gasteiger partial charge on any atom is -0.399 e. The van der Waals surface area contributed by atoms with Crippen LogP contribution in [0, 0.1) is 5.41 Å². The average Bonchev–Trinajstić information content (AvgIpc) is 2.81. The highest BCUT2D eigenvalue weighted by Crippen LogP contribution is 2.44. The summed E-state index contributed by atoms with van der Waals surface area (Å²) in [6.07, 6.45) is 7.02. The summed E-state index contributed by atoms with van der Waals surface area (Å²) in [5.41, 5.74) is 2.51. The molecule has 1 spiro atoms. The van der Waals surface area contributed by atoms with Crippen LogP contribution in [0.3, 0.4) is 0 Å². The van der Waals surface area contributed by atoms with Crippen molar-refractivity contribution in [3.05, 3.63) is 24.3 Å². The molecule has 0 radical (unpaired) electrons. The average molecular weight is 382 g/mol. The van der Waals surface area contributed by atoms with Crippen LogP contribution in [-0.4, -0.2) is 55.4 Å². The Hall–Kier alpha value is -1.04. The van der Waals surface area contributed by atoms with Crippen molar-refractivity contribution >= 4 is 18.3 Å². The van der Waals surface area contributed by atoms with Crippen LogP contribution in [0.15, 0.2) is 24.3 Å². The molecule has 0 N–H and O–H groups in total. The lowest BCUT2D eigenvalue weighted by Gasteiger charge is -2.58. The van der Waals surface area contributed by atoms with Crippen LogP contribution in [0.5, 0.6) is 0 Å². The molecule has 4 nitrogen and oxygen atoms in total. The molecule has 5 rings (SSSR count). The molecule has 0 aromatic heterocycles. The molecular formula is C23H35BN2O2. The predicted octanol–water partition coefficient (Wildman–Crippen LogP) is 3.44. The van der Waals surface area contributed by atoms with Crippen molar-refractivity contribution in [1.29, 1.82) is 0 Å². The molecule has 5 heteroatoms. The van der Waals surface area contributed by atoms with Gasteiger partial charge in [0.1, 0.15) is 0 Å². The van der Waals surface area contributed by atoms with Crippen LogP contribution in [0.25, 0.3) is 0 Å². The number of anilines is 1. The molecule has 0 bridgehead atoms. The van der Waals surface area contributed by atoms with Crippen LogP contribution in [0.4, 0.5) is 5.69 Å². The SMILES string of the molecule is CC1(C)OB(c2ccc(N3CCC4(CC3)CN(C3CCC3)C4)cc2)OC1(C)C. The van der Waals surface area contributed by atoms with Crippen molar-refractivity contribution in [2.24, 2.45) is 5.41 Å². The zero-order valence-electron chi connectivity index (χ0n) is 18.0. The van der Waals surface area contributed by atoms with E-state index in [-0.39, 0.29) is 18.3 Å². The van der Waals surface area contributed by atoms with Crippen molar-refractivity contribution in [3.63, 3.8) is 0 Å². The maximum atomic E-state index is 6.19. The summed E-state index contributed by atoms with van der Waals surface area (Å²) in [6.45, 7) is 13.5. The van der Waals surface area contributed by atoms with E-state index in [0.717, 1.165) is 11.5 Å². The molecular weight excluding hydrogens is 347 g/mol. The molecule has 3 aliphatic heterocycles. The number of piperidine rings is 1. The Balaban J connectivity index is 1.17. The van der Waals surface area contributed by atoms with E-state index in [0.29, 0.717) is 5.41 Å². The standard InChI is InChI=1S/C23H35BN2O2/c1-21(2)22(3,4)28-24(27-21)18-8-10-20(11-9-18)25-14-12-23(13-15-25)16-26(17-23)19-6-5-7-19/h8-11,19H,5-7,12-17H2,1-4H3. The second-order valence-corrected chi connectivity index (χ2v) is 10.7. The predicted molar refractivity (Wildman–Crippen MR) is 115 cm³/mol. The molecule has 4 fully saturated rings. The first-order chi connectivity index (χ1) is 13.3. The van der Waals surface area contributed by atoms with Crippen molar-refractivity contribution in [2.75, 3.05) is 31.1 Å². The quantitative estimate of drug-likeness (QED) is 0.748. The number of hydrogen-bond acceptors (Lipinski definition) is 4. The Morgan fingerprint density at radius 3 is 1.96 bits per heavy atom. The second-order valence-electron chi connectivity index (χ2n) is 10.7. The van der Waals surface area contributed by atoms with Crippen LogP contribution >= 0.6 is 0 Å². The number of hydrogen-bond donors (Lipinski definition) is 0. The Morgan fingerprint density at radius 2 is 1.46 bits per heavy atom. The molecule has 0 amide bonds. The molecule has 1 aromatic carbocycles. The molecule has 4 aliphatic rings. The number of benzene rings is 1. The van der Waals surface area contributed by atoms with Crippen molar-refractivity contribution in [2.45, 2.75) is 77.0 Å². The van der Waals surface area contributed by atoms with E-state index < -0.39 is 0 Å². The van der Waals surface area contributed by atoms with Gasteiger partial charge in [0.2, 0.25) is 0 Å². The highest BCUT2D eigenvalue weighted by atomic mass is 16.7. The van der Waals surface area contributed by atoms with Gasteiger partial charge in [-0.1, -0.05) is 18.6 Å². The molecule has 1 aliphatic carbocycles. The Morgan fingerprint density at radius 1 is 0.893 bits per heavy atom. The van der Waals surface area contributed by atoms with E-state index in [1.54, 1.807) is 0 Å². The summed E-state index contributed by atoms with van der Waals surface area (Å²) in [7, 11) is -0.267. The molecule has 3 heterocycles. The first kappa shape index (κ1) is 19.0. The Labute approximate surface area is 170 Å². The van der Waals surface area contributed by atoms with E-state index in [4.69, 9.17) is 9.31 Å².